The van der Waals surface area contributed by atoms with Crippen molar-refractivity contribution in [1.29, 1.82) is 0 Å². The number of para-hydroxylation sites is 2. The van der Waals surface area contributed by atoms with E-state index >= 15 is 0 Å². The second-order valence-corrected chi connectivity index (χ2v) is 5.59. The van der Waals surface area contributed by atoms with Crippen molar-refractivity contribution in [3.63, 3.8) is 0 Å². The lowest BCUT2D eigenvalue weighted by Crippen LogP contribution is -2.50. The number of amides is 2. The largest absolute Gasteiger partial charge is 0.485 e. The molecule has 0 aromatic heterocycles. The predicted molar refractivity (Wildman–Crippen MR) is 92.9 cm³/mol. The van der Waals surface area contributed by atoms with Gasteiger partial charge in [0.25, 0.3) is 11.8 Å². The van der Waals surface area contributed by atoms with Gasteiger partial charge in [0, 0.05) is 6.08 Å². The van der Waals surface area contributed by atoms with Crippen molar-refractivity contribution < 1.29 is 19.1 Å². The Hall–Kier alpha value is -3.28. The highest BCUT2D eigenvalue weighted by atomic mass is 16.6. The Labute approximate surface area is 145 Å². The van der Waals surface area contributed by atoms with Crippen molar-refractivity contribution in [3.8, 4) is 11.5 Å². The molecule has 0 saturated carbocycles. The van der Waals surface area contributed by atoms with E-state index in [2.05, 4.69) is 10.9 Å². The van der Waals surface area contributed by atoms with Gasteiger partial charge in [-0.1, -0.05) is 42.0 Å². The van der Waals surface area contributed by atoms with Gasteiger partial charge in [0.15, 0.2) is 11.5 Å². The van der Waals surface area contributed by atoms with Crippen molar-refractivity contribution in [2.24, 2.45) is 0 Å². The molecular formula is C19H18N2O4. The minimum Gasteiger partial charge on any atom is -0.485 e. The minimum absolute atomic E-state index is 0.0813. The van der Waals surface area contributed by atoms with Crippen LogP contribution < -0.4 is 20.3 Å². The van der Waals surface area contributed by atoms with Crippen LogP contribution in [-0.4, -0.2) is 24.5 Å². The first kappa shape index (κ1) is 16.6. The molecule has 6 heteroatoms. The van der Waals surface area contributed by atoms with Gasteiger partial charge in [0.1, 0.15) is 6.61 Å². The first-order valence-electron chi connectivity index (χ1n) is 7.85. The van der Waals surface area contributed by atoms with Gasteiger partial charge in [-0.2, -0.15) is 0 Å². The standard InChI is InChI=1S/C19H18N2O4/c1-13-6-8-14(9-7-13)10-11-18(22)20-21-19(23)17-12-24-15-4-2-3-5-16(15)25-17/h2-11,17H,12H2,1H3,(H,20,22)(H,21,23)/b11-10+. The van der Waals surface area contributed by atoms with E-state index in [1.807, 2.05) is 37.3 Å². The van der Waals surface area contributed by atoms with E-state index in [1.165, 1.54) is 6.08 Å². The molecule has 2 amide bonds. The summed E-state index contributed by atoms with van der Waals surface area (Å²) in [5.41, 5.74) is 6.70. The number of hydrogen-bond acceptors (Lipinski definition) is 4. The van der Waals surface area contributed by atoms with Crippen LogP contribution in [0.3, 0.4) is 0 Å². The molecule has 1 aliphatic heterocycles. The van der Waals surface area contributed by atoms with E-state index in [4.69, 9.17) is 9.47 Å². The Morgan fingerprint density at radius 3 is 2.52 bits per heavy atom. The summed E-state index contributed by atoms with van der Waals surface area (Å²) in [4.78, 5) is 23.9. The first-order chi connectivity index (χ1) is 12.1. The number of fused-ring (bicyclic) bond motifs is 1. The van der Waals surface area contributed by atoms with Gasteiger partial charge in [0.2, 0.25) is 6.10 Å². The van der Waals surface area contributed by atoms with Crippen LogP contribution >= 0.6 is 0 Å². The van der Waals surface area contributed by atoms with Crippen LogP contribution in [0.25, 0.3) is 6.08 Å². The van der Waals surface area contributed by atoms with E-state index in [0.29, 0.717) is 11.5 Å². The van der Waals surface area contributed by atoms with Crippen LogP contribution in [0.4, 0.5) is 0 Å². The maximum atomic E-state index is 12.1. The Balaban J connectivity index is 1.49. The molecule has 0 saturated heterocycles. The highest BCUT2D eigenvalue weighted by molar-refractivity contribution is 5.93. The summed E-state index contributed by atoms with van der Waals surface area (Å²) in [5, 5.41) is 0. The van der Waals surface area contributed by atoms with Gasteiger partial charge in [0.05, 0.1) is 0 Å². The molecule has 0 bridgehead atoms. The van der Waals surface area contributed by atoms with E-state index < -0.39 is 17.9 Å². The lowest BCUT2D eigenvalue weighted by atomic mass is 10.1. The number of benzene rings is 2. The predicted octanol–water partition coefficient (Wildman–Crippen LogP) is 2.00. The Morgan fingerprint density at radius 1 is 1.04 bits per heavy atom. The Morgan fingerprint density at radius 2 is 1.76 bits per heavy atom. The molecule has 3 rings (SSSR count). The molecule has 0 spiro atoms. The van der Waals surface area contributed by atoms with Crippen LogP contribution in [0.5, 0.6) is 11.5 Å². The third-order valence-electron chi connectivity index (χ3n) is 3.61. The fourth-order valence-electron chi connectivity index (χ4n) is 2.24. The SMILES string of the molecule is Cc1ccc(/C=C/C(=O)NNC(=O)C2COc3ccccc3O2)cc1. The molecule has 2 aromatic rings. The Bertz CT molecular complexity index is 799. The van der Waals surface area contributed by atoms with Crippen molar-refractivity contribution in [2.75, 3.05) is 6.61 Å². The fourth-order valence-corrected chi connectivity index (χ4v) is 2.24. The van der Waals surface area contributed by atoms with Gasteiger partial charge in [-0.3, -0.25) is 20.4 Å². The lowest BCUT2D eigenvalue weighted by molar-refractivity contribution is -0.134. The quantitative estimate of drug-likeness (QED) is 0.663. The molecule has 1 aliphatic rings. The summed E-state index contributed by atoms with van der Waals surface area (Å²) in [6.45, 7) is 2.07. The summed E-state index contributed by atoms with van der Waals surface area (Å²) >= 11 is 0. The van der Waals surface area contributed by atoms with Crippen molar-refractivity contribution in [3.05, 3.63) is 65.7 Å². The fraction of sp³-hybridized carbons (Fsp3) is 0.158. The van der Waals surface area contributed by atoms with Crippen LogP contribution in [0.1, 0.15) is 11.1 Å². The molecule has 1 heterocycles. The number of aryl methyl sites for hydroxylation is 1. The summed E-state index contributed by atoms with van der Waals surface area (Å²) in [6.07, 6.45) is 2.19. The van der Waals surface area contributed by atoms with Gasteiger partial charge in [-0.05, 0) is 30.7 Å². The van der Waals surface area contributed by atoms with E-state index in [1.54, 1.807) is 24.3 Å². The third-order valence-corrected chi connectivity index (χ3v) is 3.61. The van der Waals surface area contributed by atoms with Gasteiger partial charge in [-0.15, -0.1) is 0 Å². The van der Waals surface area contributed by atoms with Crippen molar-refractivity contribution in [2.45, 2.75) is 13.0 Å². The molecule has 2 N–H and O–H groups in total. The molecule has 6 nitrogen and oxygen atoms in total. The summed E-state index contributed by atoms with van der Waals surface area (Å²) in [7, 11) is 0. The highest BCUT2D eigenvalue weighted by Crippen LogP contribution is 2.30. The molecule has 0 radical (unpaired) electrons. The van der Waals surface area contributed by atoms with Crippen molar-refractivity contribution in [1.82, 2.24) is 10.9 Å². The maximum Gasteiger partial charge on any atom is 0.283 e. The lowest BCUT2D eigenvalue weighted by Gasteiger charge is -2.25. The van der Waals surface area contributed by atoms with Gasteiger partial charge >= 0.3 is 0 Å². The second kappa shape index (κ2) is 7.53. The first-order valence-corrected chi connectivity index (χ1v) is 7.85. The van der Waals surface area contributed by atoms with Crippen molar-refractivity contribution >= 4 is 17.9 Å². The molecule has 2 aromatic carbocycles. The van der Waals surface area contributed by atoms with E-state index in [0.717, 1.165) is 11.1 Å². The molecule has 25 heavy (non-hydrogen) atoms. The summed E-state index contributed by atoms with van der Waals surface area (Å²) in [5.74, 6) is 0.175. The molecular weight excluding hydrogens is 320 g/mol. The number of hydrogen-bond donors (Lipinski definition) is 2. The highest BCUT2D eigenvalue weighted by Gasteiger charge is 2.27. The monoisotopic (exact) mass is 338 g/mol. The third kappa shape index (κ3) is 4.38. The van der Waals surface area contributed by atoms with Crippen LogP contribution in [-0.2, 0) is 9.59 Å². The minimum atomic E-state index is -0.823. The smallest absolute Gasteiger partial charge is 0.283 e. The molecule has 1 atom stereocenters. The zero-order valence-electron chi connectivity index (χ0n) is 13.7. The number of hydrazine groups is 1. The molecule has 128 valence electrons. The second-order valence-electron chi connectivity index (χ2n) is 5.59. The summed E-state index contributed by atoms with van der Waals surface area (Å²) < 4.78 is 11.0. The topological polar surface area (TPSA) is 76.7 Å². The van der Waals surface area contributed by atoms with Crippen LogP contribution in [0.15, 0.2) is 54.6 Å². The number of ether oxygens (including phenoxy) is 2. The molecule has 0 fully saturated rings. The Kier molecular flexibility index (Phi) is 4.99. The normalized spacial score (nSPS) is 15.6. The molecule has 1 unspecified atom stereocenters. The number of nitrogens with one attached hydrogen (secondary N) is 2. The zero-order chi connectivity index (χ0) is 17.6. The van der Waals surface area contributed by atoms with Crippen LogP contribution in [0, 0.1) is 6.92 Å². The summed E-state index contributed by atoms with van der Waals surface area (Å²) in [6, 6.07) is 14.8. The van der Waals surface area contributed by atoms with Gasteiger partial charge < -0.3 is 9.47 Å². The number of carbonyl (C=O) groups is 2. The van der Waals surface area contributed by atoms with E-state index in [-0.39, 0.29) is 6.61 Å². The van der Waals surface area contributed by atoms with E-state index in [9.17, 15) is 9.59 Å². The maximum absolute atomic E-state index is 12.1. The average Bonchev–Trinajstić information content (AvgIpc) is 2.65. The average molecular weight is 338 g/mol. The number of carbonyl (C=O) groups excluding carboxylic acids is 2. The zero-order valence-corrected chi connectivity index (χ0v) is 13.7. The van der Waals surface area contributed by atoms with Crippen LogP contribution in [0.2, 0.25) is 0 Å². The number of rotatable bonds is 3. The van der Waals surface area contributed by atoms with Gasteiger partial charge in [-0.25, -0.2) is 0 Å². The molecule has 0 aliphatic carbocycles.